The minimum absolute atomic E-state index is 0.0419. The summed E-state index contributed by atoms with van der Waals surface area (Å²) >= 11 is 0. The first-order valence-electron chi connectivity index (χ1n) is 6.72. The predicted octanol–water partition coefficient (Wildman–Crippen LogP) is 1.50. The number of hydrogen-bond donors (Lipinski definition) is 5. The monoisotopic (exact) mass is 289 g/mol. The molecule has 0 bridgehead atoms. The van der Waals surface area contributed by atoms with Crippen LogP contribution in [0.25, 0.3) is 0 Å². The van der Waals surface area contributed by atoms with Crippen molar-refractivity contribution in [3.8, 4) is 17.2 Å². The van der Waals surface area contributed by atoms with Crippen molar-refractivity contribution in [2.45, 2.75) is 19.0 Å². The molecule has 1 unspecified atom stereocenters. The van der Waals surface area contributed by atoms with Crippen molar-refractivity contribution < 1.29 is 20.4 Å². The maximum absolute atomic E-state index is 9.74. The van der Waals surface area contributed by atoms with Gasteiger partial charge in [-0.3, -0.25) is 0 Å². The molecular weight excluding hydrogens is 270 g/mol. The maximum atomic E-state index is 9.74. The highest BCUT2D eigenvalue weighted by Crippen LogP contribution is 2.36. The summed E-state index contributed by atoms with van der Waals surface area (Å²) in [6, 6.07) is 12.4. The zero-order chi connectivity index (χ0) is 15.2. The minimum Gasteiger partial charge on any atom is -0.504 e. The van der Waals surface area contributed by atoms with Gasteiger partial charge in [0.15, 0.2) is 11.5 Å². The number of aliphatic hydroxyl groups is 1. The zero-order valence-electron chi connectivity index (χ0n) is 11.5. The Morgan fingerprint density at radius 3 is 2.29 bits per heavy atom. The number of nitrogens with one attached hydrogen (secondary N) is 1. The van der Waals surface area contributed by atoms with Crippen molar-refractivity contribution in [1.29, 1.82) is 0 Å². The second kappa shape index (κ2) is 6.97. The number of rotatable bonds is 6. The molecule has 5 nitrogen and oxygen atoms in total. The molecule has 2 rings (SSSR count). The Morgan fingerprint density at radius 2 is 1.62 bits per heavy atom. The summed E-state index contributed by atoms with van der Waals surface area (Å²) in [6.07, 6.45) is 0.655. The number of phenolic OH excluding ortho intramolecular Hbond substituents is 3. The molecule has 0 aromatic heterocycles. The zero-order valence-corrected chi connectivity index (χ0v) is 11.5. The van der Waals surface area contributed by atoms with E-state index in [1.54, 1.807) is 0 Å². The van der Waals surface area contributed by atoms with Gasteiger partial charge in [0.1, 0.15) is 0 Å². The van der Waals surface area contributed by atoms with Crippen LogP contribution in [0.5, 0.6) is 17.2 Å². The van der Waals surface area contributed by atoms with Crippen LogP contribution < -0.4 is 5.32 Å². The first-order chi connectivity index (χ1) is 10.1. The Hall–Kier alpha value is -2.24. The second-order valence-electron chi connectivity index (χ2n) is 4.89. The van der Waals surface area contributed by atoms with E-state index in [-0.39, 0.29) is 30.7 Å². The fourth-order valence-electron chi connectivity index (χ4n) is 2.11. The highest BCUT2D eigenvalue weighted by atomic mass is 16.3. The van der Waals surface area contributed by atoms with E-state index in [0.717, 1.165) is 5.56 Å². The van der Waals surface area contributed by atoms with Crippen molar-refractivity contribution in [1.82, 2.24) is 5.32 Å². The summed E-state index contributed by atoms with van der Waals surface area (Å²) in [6.45, 7) is 0.234. The Labute approximate surface area is 123 Å². The number of benzene rings is 2. The molecule has 0 amide bonds. The van der Waals surface area contributed by atoms with Crippen LogP contribution in [0.1, 0.15) is 11.1 Å². The van der Waals surface area contributed by atoms with Gasteiger partial charge in [-0.05, 0) is 18.1 Å². The van der Waals surface area contributed by atoms with Crippen molar-refractivity contribution in [2.75, 3.05) is 6.61 Å². The Morgan fingerprint density at radius 1 is 0.905 bits per heavy atom. The number of hydrogen-bond acceptors (Lipinski definition) is 5. The van der Waals surface area contributed by atoms with E-state index in [1.165, 1.54) is 12.1 Å². The van der Waals surface area contributed by atoms with Crippen LogP contribution in [-0.4, -0.2) is 33.1 Å². The SMILES string of the molecule is OCC(Cc1ccccc1)NCc1ccc(O)c(O)c1O. The molecule has 0 aliphatic carbocycles. The van der Waals surface area contributed by atoms with E-state index < -0.39 is 5.75 Å². The number of aromatic hydroxyl groups is 3. The van der Waals surface area contributed by atoms with Crippen LogP contribution in [-0.2, 0) is 13.0 Å². The van der Waals surface area contributed by atoms with Gasteiger partial charge in [-0.25, -0.2) is 0 Å². The molecule has 1 atom stereocenters. The topological polar surface area (TPSA) is 93.0 Å². The standard InChI is InChI=1S/C16H19NO4/c18-10-13(8-11-4-2-1-3-5-11)17-9-12-6-7-14(19)16(21)15(12)20/h1-7,13,17-21H,8-10H2. The summed E-state index contributed by atoms with van der Waals surface area (Å²) in [5.74, 6) is -1.24. The summed E-state index contributed by atoms with van der Waals surface area (Å²) < 4.78 is 0. The minimum atomic E-state index is -0.530. The first kappa shape index (κ1) is 15.2. The fourth-order valence-corrected chi connectivity index (χ4v) is 2.11. The lowest BCUT2D eigenvalue weighted by atomic mass is 10.1. The van der Waals surface area contributed by atoms with Gasteiger partial charge in [0.2, 0.25) is 5.75 Å². The molecule has 0 aliphatic heterocycles. The van der Waals surface area contributed by atoms with Crippen LogP contribution in [0.15, 0.2) is 42.5 Å². The molecule has 0 spiro atoms. The first-order valence-corrected chi connectivity index (χ1v) is 6.72. The lowest BCUT2D eigenvalue weighted by molar-refractivity contribution is 0.240. The normalized spacial score (nSPS) is 12.2. The van der Waals surface area contributed by atoms with Gasteiger partial charge in [0, 0.05) is 18.2 Å². The van der Waals surface area contributed by atoms with E-state index in [9.17, 15) is 20.4 Å². The van der Waals surface area contributed by atoms with E-state index in [4.69, 9.17) is 0 Å². The van der Waals surface area contributed by atoms with Gasteiger partial charge < -0.3 is 25.7 Å². The summed E-state index contributed by atoms with van der Waals surface area (Å²) in [5, 5.41) is 41.0. The lowest BCUT2D eigenvalue weighted by Gasteiger charge is -2.17. The lowest BCUT2D eigenvalue weighted by Crippen LogP contribution is -2.34. The fraction of sp³-hybridized carbons (Fsp3) is 0.250. The maximum Gasteiger partial charge on any atom is 0.200 e. The molecule has 0 fully saturated rings. The molecule has 2 aromatic carbocycles. The molecule has 21 heavy (non-hydrogen) atoms. The van der Waals surface area contributed by atoms with Crippen molar-refractivity contribution in [3.05, 3.63) is 53.6 Å². The molecule has 0 radical (unpaired) electrons. The average molecular weight is 289 g/mol. The Kier molecular flexibility index (Phi) is 5.03. The van der Waals surface area contributed by atoms with Crippen molar-refractivity contribution in [2.24, 2.45) is 0 Å². The quantitative estimate of drug-likeness (QED) is 0.520. The predicted molar refractivity (Wildman–Crippen MR) is 79.3 cm³/mol. The highest BCUT2D eigenvalue weighted by molar-refractivity contribution is 5.53. The van der Waals surface area contributed by atoms with Gasteiger partial charge >= 0.3 is 0 Å². The van der Waals surface area contributed by atoms with E-state index >= 15 is 0 Å². The van der Waals surface area contributed by atoms with E-state index in [2.05, 4.69) is 5.32 Å². The summed E-state index contributed by atoms with van der Waals surface area (Å²) in [4.78, 5) is 0. The molecule has 0 saturated carbocycles. The number of phenols is 3. The van der Waals surface area contributed by atoms with Crippen LogP contribution in [0, 0.1) is 0 Å². The molecule has 0 heterocycles. The molecule has 0 saturated heterocycles. The van der Waals surface area contributed by atoms with Crippen molar-refractivity contribution >= 4 is 0 Å². The molecule has 5 heteroatoms. The van der Waals surface area contributed by atoms with Crippen molar-refractivity contribution in [3.63, 3.8) is 0 Å². The highest BCUT2D eigenvalue weighted by Gasteiger charge is 2.13. The third-order valence-electron chi connectivity index (χ3n) is 3.34. The van der Waals surface area contributed by atoms with Crippen LogP contribution in [0.2, 0.25) is 0 Å². The molecule has 112 valence electrons. The second-order valence-corrected chi connectivity index (χ2v) is 4.89. The van der Waals surface area contributed by atoms with Crippen LogP contribution in [0.3, 0.4) is 0 Å². The summed E-state index contributed by atoms with van der Waals surface area (Å²) in [5.41, 5.74) is 1.55. The van der Waals surface area contributed by atoms with Gasteiger partial charge in [-0.15, -0.1) is 0 Å². The largest absolute Gasteiger partial charge is 0.504 e. The molecule has 5 N–H and O–H groups in total. The molecule has 0 aliphatic rings. The Bertz CT molecular complexity index is 586. The van der Waals surface area contributed by atoms with Gasteiger partial charge in [-0.2, -0.15) is 0 Å². The van der Waals surface area contributed by atoms with Gasteiger partial charge in [0.05, 0.1) is 6.61 Å². The van der Waals surface area contributed by atoms with Gasteiger partial charge in [-0.1, -0.05) is 36.4 Å². The van der Waals surface area contributed by atoms with E-state index in [1.807, 2.05) is 30.3 Å². The third-order valence-corrected chi connectivity index (χ3v) is 3.34. The van der Waals surface area contributed by atoms with Gasteiger partial charge in [0.25, 0.3) is 0 Å². The smallest absolute Gasteiger partial charge is 0.200 e. The van der Waals surface area contributed by atoms with Crippen LogP contribution in [0.4, 0.5) is 0 Å². The average Bonchev–Trinajstić information content (AvgIpc) is 2.51. The van der Waals surface area contributed by atoms with Crippen LogP contribution >= 0.6 is 0 Å². The third kappa shape index (κ3) is 3.87. The number of aliphatic hydroxyl groups excluding tert-OH is 1. The van der Waals surface area contributed by atoms with E-state index in [0.29, 0.717) is 12.0 Å². The molecular formula is C16H19NO4. The molecule has 2 aromatic rings. The Balaban J connectivity index is 1.99. The summed E-state index contributed by atoms with van der Waals surface area (Å²) in [7, 11) is 0.